The monoisotopic (exact) mass is 2370 g/mol. The summed E-state index contributed by atoms with van der Waals surface area (Å²) in [5, 5.41) is 26.9. The van der Waals surface area contributed by atoms with Crippen molar-refractivity contribution in [1.29, 1.82) is 0 Å². The summed E-state index contributed by atoms with van der Waals surface area (Å²) < 4.78 is 37.0. The van der Waals surface area contributed by atoms with Crippen LogP contribution in [-0.2, 0) is 91.3 Å². The zero-order chi connectivity index (χ0) is 83.1. The molecule has 1 aliphatic heterocycles. The molecule has 0 radical (unpaired) electrons. The van der Waals surface area contributed by atoms with Gasteiger partial charge in [-0.1, -0.05) is 103 Å². The van der Waals surface area contributed by atoms with Crippen molar-refractivity contribution >= 4 is 5.69 Å². The molecule has 0 aliphatic carbocycles. The molecule has 0 atom stereocenters. The van der Waals surface area contributed by atoms with Crippen molar-refractivity contribution in [3.05, 3.63) is 426 Å². The molecule has 0 unspecified atom stereocenters. The Labute approximate surface area is 788 Å². The van der Waals surface area contributed by atoms with E-state index in [1.807, 2.05) is 371 Å². The van der Waals surface area contributed by atoms with E-state index in [4.69, 9.17) is 18.9 Å². The minimum Gasteiger partial charge on any atom is -0.510 e. The molecule has 25 heteroatoms. The maximum absolute atomic E-state index is 6.05. The summed E-state index contributed by atoms with van der Waals surface area (Å²) in [5.41, 5.74) is 19.2. The fourth-order valence-electron chi connectivity index (χ4n) is 13.3. The van der Waals surface area contributed by atoms with Crippen molar-refractivity contribution in [1.82, 2.24) is 78.1 Å². The number of aryl methyl sites for hydroxylation is 5. The van der Waals surface area contributed by atoms with Crippen molar-refractivity contribution in [2.45, 2.75) is 27.7 Å². The van der Waals surface area contributed by atoms with Crippen molar-refractivity contribution in [3.63, 3.8) is 0 Å². The van der Waals surface area contributed by atoms with Gasteiger partial charge in [0.2, 0.25) is 0 Å². The predicted molar refractivity (Wildman–Crippen MR) is 470 cm³/mol. The van der Waals surface area contributed by atoms with Gasteiger partial charge in [-0.05, 0) is 116 Å². The van der Waals surface area contributed by atoms with Crippen LogP contribution in [0.25, 0.3) is 90.0 Å². The maximum atomic E-state index is 6.05. The van der Waals surface area contributed by atoms with Gasteiger partial charge in [0, 0.05) is 163 Å². The Morgan fingerprint density at radius 2 is 0.635 bits per heavy atom. The molecule has 1 aliphatic rings. The van der Waals surface area contributed by atoms with E-state index in [0.717, 1.165) is 118 Å². The number of imidazole rings is 1. The van der Waals surface area contributed by atoms with E-state index in [1.165, 1.54) is 0 Å². The number of anilines is 1. The molecule has 11 aromatic carbocycles. The van der Waals surface area contributed by atoms with Gasteiger partial charge in [-0.15, -0.1) is 157 Å². The van der Waals surface area contributed by atoms with Crippen LogP contribution in [0.15, 0.2) is 348 Å². The van der Waals surface area contributed by atoms with E-state index in [-0.39, 0.29) is 84.3 Å². The van der Waals surface area contributed by atoms with Gasteiger partial charge in [-0.3, -0.25) is 38.1 Å². The summed E-state index contributed by atoms with van der Waals surface area (Å²) in [7, 11) is 3.94. The number of benzene rings is 11. The van der Waals surface area contributed by atoms with Crippen LogP contribution in [0.3, 0.4) is 0 Å². The third-order valence-corrected chi connectivity index (χ3v) is 19.1. The maximum Gasteiger partial charge on any atom is 2.00 e. The van der Waals surface area contributed by atoms with E-state index in [0.29, 0.717) is 46.0 Å². The molecule has 9 heterocycles. The molecule has 21 nitrogen and oxygen atoms in total. The average Bonchev–Trinajstić information content (AvgIpc) is 1.58. The first kappa shape index (κ1) is 90.1. The first-order valence-corrected chi connectivity index (χ1v) is 39.1. The fraction of sp³-hybridized carbons (Fsp3) is 0.0594. The van der Waals surface area contributed by atoms with Gasteiger partial charge < -0.3 is 33.3 Å². The second-order valence-electron chi connectivity index (χ2n) is 28.2. The number of aromatic nitrogens is 15. The van der Waals surface area contributed by atoms with Crippen LogP contribution in [0.4, 0.5) is 5.69 Å². The van der Waals surface area contributed by atoms with Crippen LogP contribution in [0, 0.1) is 82.9 Å². The van der Waals surface area contributed by atoms with Crippen LogP contribution in [-0.4, -0.2) is 85.2 Å². The van der Waals surface area contributed by atoms with E-state index in [1.54, 1.807) is 31.1 Å². The molecule has 0 saturated carbocycles. The van der Waals surface area contributed by atoms with Crippen molar-refractivity contribution in [2.24, 2.45) is 7.05 Å². The molecule has 0 N–H and O–H groups in total. The summed E-state index contributed by atoms with van der Waals surface area (Å²) in [6, 6.07) is 111. The molecule has 20 rings (SSSR count). The number of hydrogen-bond donors (Lipinski definition) is 0. The third-order valence-electron chi connectivity index (χ3n) is 19.1. The number of ether oxygens (including phenoxy) is 4. The first-order valence-electron chi connectivity index (χ1n) is 39.1. The molecule has 0 bridgehead atoms. The number of rotatable bonds is 20. The van der Waals surface area contributed by atoms with Crippen LogP contribution < -0.4 is 23.8 Å². The Kier molecular flexibility index (Phi) is 30.5. The Hall–Kier alpha value is -13.7. The summed E-state index contributed by atoms with van der Waals surface area (Å²) in [6.07, 6.45) is 26.5. The van der Waals surface area contributed by atoms with E-state index < -0.39 is 0 Å². The van der Waals surface area contributed by atoms with Crippen molar-refractivity contribution < 1.29 is 103 Å². The molecular formula is C101H76N17O4Pt4-3. The predicted octanol–water partition coefficient (Wildman–Crippen LogP) is 21.5. The minimum absolute atomic E-state index is 0. The van der Waals surface area contributed by atoms with Crippen molar-refractivity contribution in [3.8, 4) is 136 Å². The van der Waals surface area contributed by atoms with Crippen molar-refractivity contribution in [2.75, 3.05) is 11.9 Å². The Morgan fingerprint density at radius 1 is 0.310 bits per heavy atom. The third kappa shape index (κ3) is 22.6. The first-order chi connectivity index (χ1) is 59.8. The van der Waals surface area contributed by atoms with Gasteiger partial charge in [-0.25, -0.2) is 0 Å². The second-order valence-corrected chi connectivity index (χ2v) is 28.2. The number of pyridine rings is 1. The molecule has 0 amide bonds. The molecule has 0 saturated heterocycles. The van der Waals surface area contributed by atoms with E-state index in [9.17, 15) is 0 Å². The van der Waals surface area contributed by atoms with Gasteiger partial charge in [0.1, 0.15) is 0 Å². The molecule has 126 heavy (non-hydrogen) atoms. The van der Waals surface area contributed by atoms with Gasteiger partial charge in [0.05, 0.1) is 42.0 Å². The van der Waals surface area contributed by atoms with Gasteiger partial charge in [-0.2, -0.15) is 79.7 Å². The summed E-state index contributed by atoms with van der Waals surface area (Å²) in [6.45, 7) is 9.96. The number of nitrogens with zero attached hydrogens (tertiary/aromatic N) is 17. The largest absolute Gasteiger partial charge is 2.00 e. The van der Waals surface area contributed by atoms with E-state index >= 15 is 0 Å². The molecular weight excluding hydrogens is 2300 g/mol. The topological polar surface area (TPSA) is 181 Å². The number of hydrogen-bond acceptors (Lipinski definition) is 14. The quantitative estimate of drug-likeness (QED) is 0.0657. The summed E-state index contributed by atoms with van der Waals surface area (Å²) in [4.78, 5) is 12.5. The van der Waals surface area contributed by atoms with Crippen LogP contribution >= 0.6 is 0 Å². The molecule has 632 valence electrons. The van der Waals surface area contributed by atoms with E-state index in [2.05, 4.69) is 125 Å². The standard InChI is InChI=1S/C26H20N4O.C25H19N5O.C25H19N4O.C25H18N4O.4Pt/c1-19-14-20(2)30(28-19)24-11-7-13-26(16-24)31-25-12-6-10-23(15-25)29-18-22(17-27-29)21-8-4-3-5-9-21;1-18-12-19(2)30(28-18)23-8-4-10-25(14-23)31-24-9-3-7-22(13-24)29-17-21(16-27-29)20-6-5-11-26-15-20;1-27-13-14-28(19-27)22-9-5-11-24(15-22)30-25-12-6-10-23(16-25)29-18-21(17-26-29)20-7-3-2-4-8-20;1-28-14-13-26-25(28)20-9-5-11-23(15-20)30-24-12-6-10-22(16-24)29-18-21(17-27-29)19-7-3-2-4-8-19;;;;/h3-14,17-18H,1-2H3;3-12,15-17H,1-2H3;2-14,17-19H,1H3;2-14,17-18H,1H3;;;;/q2*-2;-3;-2;;3*+2. The molecule has 0 fully saturated rings. The minimum atomic E-state index is 0. The fourth-order valence-corrected chi connectivity index (χ4v) is 13.3. The Balaban J connectivity index is 0.000000142. The zero-order valence-corrected chi connectivity index (χ0v) is 77.6. The average molecular weight is 2370 g/mol. The van der Waals surface area contributed by atoms with Crippen LogP contribution in [0.1, 0.15) is 22.8 Å². The second kappa shape index (κ2) is 42.6. The van der Waals surface area contributed by atoms with Crippen LogP contribution in [0.5, 0.6) is 46.0 Å². The normalized spacial score (nSPS) is 11.1. The van der Waals surface area contributed by atoms with Gasteiger partial charge in [0.15, 0.2) is 0 Å². The zero-order valence-electron chi connectivity index (χ0n) is 68.5. The SMILES string of the molecule is CN1C=CN(c2[c-]c(Oc3[c-]c(-n4cc(-c5ccccc5)cn4)ccc3)ccc2)[CH-]1.Cc1cc(C)n(-c2[c-]c(Oc3[c-]c(-n4cc(-c5ccccc5)cn4)ccc3)ccc2)n1.Cc1cc(C)n(-c2[c-]c(Oc3[c-]c(-n4cc(-c5cccnc5)cn4)ccc3)ccc2)n1.Cn1ccnc1-c1[c-]c(Oc2[c-]c(-n3cc(-c4ccccc4)cn3)ccc2)ccc1.[Pt+2].[Pt+2].[Pt+2].[Pt]. The Bertz CT molecular complexity index is 6580. The van der Waals surface area contributed by atoms with Gasteiger partial charge in [0.25, 0.3) is 0 Å². The molecule has 8 aromatic heterocycles. The Morgan fingerprint density at radius 3 is 0.960 bits per heavy atom. The summed E-state index contributed by atoms with van der Waals surface area (Å²) >= 11 is 0. The molecule has 19 aromatic rings. The molecule has 0 spiro atoms. The smallest absolute Gasteiger partial charge is 0.510 e. The summed E-state index contributed by atoms with van der Waals surface area (Å²) in [5.74, 6) is 5.64. The van der Waals surface area contributed by atoms with Crippen LogP contribution in [0.2, 0.25) is 0 Å². The van der Waals surface area contributed by atoms with Gasteiger partial charge >= 0.3 is 63.2 Å².